The summed E-state index contributed by atoms with van der Waals surface area (Å²) in [6.45, 7) is 10.1. The van der Waals surface area contributed by atoms with Crippen molar-refractivity contribution in [2.45, 2.75) is 39.7 Å². The van der Waals surface area contributed by atoms with Crippen molar-refractivity contribution in [3.05, 3.63) is 0 Å². The Morgan fingerprint density at radius 1 is 1.53 bits per heavy atom. The van der Waals surface area contributed by atoms with Crippen molar-refractivity contribution < 1.29 is 14.3 Å². The fourth-order valence-corrected chi connectivity index (χ4v) is 2.71. The maximum absolute atomic E-state index is 11.9. The molecule has 4 nitrogen and oxygen atoms in total. The molecule has 1 aliphatic heterocycles. The van der Waals surface area contributed by atoms with Crippen LogP contribution in [0.3, 0.4) is 0 Å². The second-order valence-corrected chi connectivity index (χ2v) is 5.73. The number of hydrogen-bond acceptors (Lipinski definition) is 4. The van der Waals surface area contributed by atoms with Gasteiger partial charge in [-0.2, -0.15) is 0 Å². The molecule has 0 radical (unpaired) electrons. The number of hydrogen-bond donors (Lipinski definition) is 1. The number of carbonyl (C=O) groups is 1. The zero-order valence-electron chi connectivity index (χ0n) is 11.6. The smallest absolute Gasteiger partial charge is 0.310 e. The van der Waals surface area contributed by atoms with Crippen LogP contribution in [0.4, 0.5) is 0 Å². The van der Waals surface area contributed by atoms with Gasteiger partial charge in [-0.05, 0) is 32.6 Å². The summed E-state index contributed by atoms with van der Waals surface area (Å²) < 4.78 is 10.6. The van der Waals surface area contributed by atoms with Gasteiger partial charge in [0.05, 0.1) is 18.1 Å². The van der Waals surface area contributed by atoms with E-state index in [1.165, 1.54) is 0 Å². The van der Waals surface area contributed by atoms with Gasteiger partial charge < -0.3 is 14.8 Å². The summed E-state index contributed by atoms with van der Waals surface area (Å²) in [6, 6.07) is 0. The first kappa shape index (κ1) is 14.5. The summed E-state index contributed by atoms with van der Waals surface area (Å²) in [6.07, 6.45) is 0.840. The Morgan fingerprint density at radius 2 is 2.18 bits per heavy atom. The van der Waals surface area contributed by atoms with Crippen LogP contribution in [-0.4, -0.2) is 38.4 Å². The van der Waals surface area contributed by atoms with E-state index >= 15 is 0 Å². The van der Waals surface area contributed by atoms with E-state index in [0.29, 0.717) is 13.2 Å². The van der Waals surface area contributed by atoms with Crippen LogP contribution in [0.2, 0.25) is 0 Å². The van der Waals surface area contributed by atoms with E-state index in [1.54, 1.807) is 7.11 Å². The van der Waals surface area contributed by atoms with Crippen molar-refractivity contribution in [1.82, 2.24) is 5.32 Å². The molecule has 0 amide bonds. The van der Waals surface area contributed by atoms with Crippen LogP contribution in [0.1, 0.15) is 34.1 Å². The Balaban J connectivity index is 2.75. The van der Waals surface area contributed by atoms with Crippen molar-refractivity contribution in [3.63, 3.8) is 0 Å². The lowest BCUT2D eigenvalue weighted by molar-refractivity contribution is -0.152. The zero-order chi connectivity index (χ0) is 13.1. The fourth-order valence-electron chi connectivity index (χ4n) is 2.71. The Kier molecular flexibility index (Phi) is 4.55. The molecule has 4 heteroatoms. The first-order chi connectivity index (χ1) is 7.84. The summed E-state index contributed by atoms with van der Waals surface area (Å²) in [5.41, 5.74) is -0.308. The Bertz CT molecular complexity index is 278. The lowest BCUT2D eigenvalue weighted by atomic mass is 9.72. The molecule has 0 aromatic rings. The molecule has 0 aromatic heterocycles. The first-order valence-electron chi connectivity index (χ1n) is 6.27. The lowest BCUT2D eigenvalue weighted by Gasteiger charge is -2.36. The van der Waals surface area contributed by atoms with E-state index in [2.05, 4.69) is 26.1 Å². The molecule has 1 fully saturated rings. The molecule has 1 rings (SSSR count). The van der Waals surface area contributed by atoms with Gasteiger partial charge in [-0.3, -0.25) is 4.79 Å². The standard InChI is InChI=1S/C13H25NO3/c1-6-17-11(15)10-7-14-9-13(10,4)8-12(2,3)16-5/h10,14H,6-9H2,1-5H3. The quantitative estimate of drug-likeness (QED) is 0.745. The second-order valence-electron chi connectivity index (χ2n) is 5.73. The van der Waals surface area contributed by atoms with Gasteiger partial charge in [0, 0.05) is 20.2 Å². The van der Waals surface area contributed by atoms with Crippen LogP contribution in [-0.2, 0) is 14.3 Å². The van der Waals surface area contributed by atoms with Crippen LogP contribution in [0, 0.1) is 11.3 Å². The van der Waals surface area contributed by atoms with Gasteiger partial charge in [-0.1, -0.05) is 6.92 Å². The van der Waals surface area contributed by atoms with Crippen molar-refractivity contribution >= 4 is 5.97 Å². The molecule has 100 valence electrons. The van der Waals surface area contributed by atoms with E-state index in [9.17, 15) is 4.79 Å². The highest BCUT2D eigenvalue weighted by molar-refractivity contribution is 5.74. The molecule has 1 saturated heterocycles. The van der Waals surface area contributed by atoms with E-state index in [0.717, 1.165) is 13.0 Å². The molecule has 1 heterocycles. The fraction of sp³-hybridized carbons (Fsp3) is 0.923. The normalized spacial score (nSPS) is 29.4. The monoisotopic (exact) mass is 243 g/mol. The highest BCUT2D eigenvalue weighted by atomic mass is 16.5. The molecule has 17 heavy (non-hydrogen) atoms. The predicted octanol–water partition coefficient (Wildman–Crippen LogP) is 1.59. The minimum Gasteiger partial charge on any atom is -0.466 e. The second kappa shape index (κ2) is 5.36. The van der Waals surface area contributed by atoms with Gasteiger partial charge >= 0.3 is 5.97 Å². The lowest BCUT2D eigenvalue weighted by Crippen LogP contribution is -2.40. The van der Waals surface area contributed by atoms with Gasteiger partial charge in [-0.25, -0.2) is 0 Å². The van der Waals surface area contributed by atoms with Crippen molar-refractivity contribution in [1.29, 1.82) is 0 Å². The first-order valence-corrected chi connectivity index (χ1v) is 6.27. The van der Waals surface area contributed by atoms with Gasteiger partial charge in [-0.15, -0.1) is 0 Å². The summed E-state index contributed by atoms with van der Waals surface area (Å²) in [7, 11) is 1.71. The van der Waals surface area contributed by atoms with E-state index < -0.39 is 0 Å². The Labute approximate surface area is 104 Å². The molecular weight excluding hydrogens is 218 g/mol. The molecule has 0 bridgehead atoms. The van der Waals surface area contributed by atoms with Gasteiger partial charge in [0.2, 0.25) is 0 Å². The number of nitrogens with one attached hydrogen (secondary N) is 1. The third kappa shape index (κ3) is 3.42. The average Bonchev–Trinajstić information content (AvgIpc) is 2.59. The van der Waals surface area contributed by atoms with Crippen LogP contribution >= 0.6 is 0 Å². The Hall–Kier alpha value is -0.610. The molecule has 2 unspecified atom stereocenters. The van der Waals surface area contributed by atoms with Crippen molar-refractivity contribution in [2.75, 3.05) is 26.8 Å². The van der Waals surface area contributed by atoms with Crippen LogP contribution < -0.4 is 5.32 Å². The minimum atomic E-state index is -0.217. The molecule has 2 atom stereocenters. The van der Waals surface area contributed by atoms with Crippen LogP contribution in [0.25, 0.3) is 0 Å². The topological polar surface area (TPSA) is 47.6 Å². The number of ether oxygens (including phenoxy) is 2. The van der Waals surface area contributed by atoms with Crippen molar-refractivity contribution in [3.8, 4) is 0 Å². The largest absolute Gasteiger partial charge is 0.466 e. The third-order valence-electron chi connectivity index (χ3n) is 3.67. The molecule has 0 saturated carbocycles. The Morgan fingerprint density at radius 3 is 2.71 bits per heavy atom. The summed E-state index contributed by atoms with van der Waals surface area (Å²) in [5, 5.41) is 3.29. The zero-order valence-corrected chi connectivity index (χ0v) is 11.6. The maximum Gasteiger partial charge on any atom is 0.310 e. The number of carbonyl (C=O) groups excluding carboxylic acids is 1. The minimum absolute atomic E-state index is 0.0723. The van der Waals surface area contributed by atoms with Crippen molar-refractivity contribution in [2.24, 2.45) is 11.3 Å². The summed E-state index contributed by atoms with van der Waals surface area (Å²) in [4.78, 5) is 11.9. The van der Waals surface area contributed by atoms with Gasteiger partial charge in [0.15, 0.2) is 0 Å². The maximum atomic E-state index is 11.9. The van der Waals surface area contributed by atoms with Gasteiger partial charge in [0.25, 0.3) is 0 Å². The molecular formula is C13H25NO3. The van der Waals surface area contributed by atoms with Gasteiger partial charge in [0.1, 0.15) is 0 Å². The van der Waals surface area contributed by atoms with E-state index in [-0.39, 0.29) is 22.9 Å². The average molecular weight is 243 g/mol. The highest BCUT2D eigenvalue weighted by Gasteiger charge is 2.46. The molecule has 1 N–H and O–H groups in total. The summed E-state index contributed by atoms with van der Waals surface area (Å²) >= 11 is 0. The molecule has 1 aliphatic rings. The van der Waals surface area contributed by atoms with Crippen LogP contribution in [0.5, 0.6) is 0 Å². The summed E-state index contributed by atoms with van der Waals surface area (Å²) in [5.74, 6) is -0.163. The number of methoxy groups -OCH3 is 1. The molecule has 0 aromatic carbocycles. The highest BCUT2D eigenvalue weighted by Crippen LogP contribution is 2.40. The van der Waals surface area contributed by atoms with E-state index in [1.807, 2.05) is 6.92 Å². The van der Waals surface area contributed by atoms with Crippen LogP contribution in [0.15, 0.2) is 0 Å². The predicted molar refractivity (Wildman–Crippen MR) is 66.8 cm³/mol. The third-order valence-corrected chi connectivity index (χ3v) is 3.67. The number of rotatable bonds is 5. The molecule has 0 spiro atoms. The number of esters is 1. The molecule has 0 aliphatic carbocycles. The van der Waals surface area contributed by atoms with E-state index in [4.69, 9.17) is 9.47 Å². The SMILES string of the molecule is CCOC(=O)C1CNCC1(C)CC(C)(C)OC.